The SMILES string of the molecule is CCNC(=NCC(C)Oc1cccc(C)c1)N1CCOC(c2cnn(C)c2)C1. The third-order valence-corrected chi connectivity index (χ3v) is 4.62. The van der Waals surface area contributed by atoms with Gasteiger partial charge in [-0.25, -0.2) is 4.99 Å². The van der Waals surface area contributed by atoms with E-state index in [0.717, 1.165) is 36.9 Å². The van der Waals surface area contributed by atoms with E-state index >= 15 is 0 Å². The highest BCUT2D eigenvalue weighted by Crippen LogP contribution is 2.21. The standard InChI is InChI=1S/C21H31N5O2/c1-5-22-21(23-12-17(3)28-19-8-6-7-16(2)11-19)26-9-10-27-20(15-26)18-13-24-25(4)14-18/h6-8,11,13-14,17,20H,5,9-10,12,15H2,1-4H3,(H,22,23). The van der Waals surface area contributed by atoms with Crippen molar-refractivity contribution in [2.75, 3.05) is 32.8 Å². The fraction of sp³-hybridized carbons (Fsp3) is 0.524. The van der Waals surface area contributed by atoms with E-state index in [1.54, 1.807) is 4.68 Å². The van der Waals surface area contributed by atoms with Crippen molar-refractivity contribution in [2.24, 2.45) is 12.0 Å². The molecule has 0 radical (unpaired) electrons. The number of rotatable bonds is 6. The Labute approximate surface area is 167 Å². The van der Waals surface area contributed by atoms with Crippen LogP contribution in [0.25, 0.3) is 0 Å². The Morgan fingerprint density at radius 3 is 3.04 bits per heavy atom. The van der Waals surface area contributed by atoms with Crippen molar-refractivity contribution in [1.29, 1.82) is 0 Å². The van der Waals surface area contributed by atoms with Gasteiger partial charge in [0.05, 0.1) is 25.9 Å². The van der Waals surface area contributed by atoms with Crippen molar-refractivity contribution >= 4 is 5.96 Å². The number of hydrogen-bond acceptors (Lipinski definition) is 4. The van der Waals surface area contributed by atoms with E-state index in [4.69, 9.17) is 14.5 Å². The van der Waals surface area contributed by atoms with Gasteiger partial charge in [0.1, 0.15) is 18.0 Å². The summed E-state index contributed by atoms with van der Waals surface area (Å²) in [5, 5.41) is 7.66. The second-order valence-electron chi connectivity index (χ2n) is 7.19. The smallest absolute Gasteiger partial charge is 0.194 e. The Morgan fingerprint density at radius 1 is 1.46 bits per heavy atom. The van der Waals surface area contributed by atoms with Crippen LogP contribution < -0.4 is 10.1 Å². The number of guanidine groups is 1. The van der Waals surface area contributed by atoms with E-state index in [-0.39, 0.29) is 12.2 Å². The van der Waals surface area contributed by atoms with Crippen LogP contribution in [-0.2, 0) is 11.8 Å². The number of ether oxygens (including phenoxy) is 2. The summed E-state index contributed by atoms with van der Waals surface area (Å²) in [5.74, 6) is 1.79. The summed E-state index contributed by atoms with van der Waals surface area (Å²) in [6.45, 7) is 9.84. The Morgan fingerprint density at radius 2 is 2.32 bits per heavy atom. The van der Waals surface area contributed by atoms with Crippen LogP contribution in [0.15, 0.2) is 41.7 Å². The van der Waals surface area contributed by atoms with Crippen LogP contribution in [0.2, 0.25) is 0 Å². The average Bonchev–Trinajstić information content (AvgIpc) is 3.12. The minimum Gasteiger partial charge on any atom is -0.489 e. The molecule has 3 rings (SSSR count). The molecule has 2 aromatic rings. The number of nitrogens with zero attached hydrogens (tertiary/aromatic N) is 4. The van der Waals surface area contributed by atoms with E-state index in [2.05, 4.69) is 35.2 Å². The fourth-order valence-corrected chi connectivity index (χ4v) is 3.25. The van der Waals surface area contributed by atoms with Crippen molar-refractivity contribution < 1.29 is 9.47 Å². The first kappa shape index (κ1) is 20.2. The van der Waals surface area contributed by atoms with Gasteiger partial charge in [-0.1, -0.05) is 12.1 Å². The Kier molecular flexibility index (Phi) is 6.92. The van der Waals surface area contributed by atoms with Crippen molar-refractivity contribution in [2.45, 2.75) is 33.0 Å². The maximum Gasteiger partial charge on any atom is 0.194 e. The lowest BCUT2D eigenvalue weighted by Gasteiger charge is -2.35. The second-order valence-corrected chi connectivity index (χ2v) is 7.19. The normalized spacial score (nSPS) is 18.8. The highest BCUT2D eigenvalue weighted by molar-refractivity contribution is 5.80. The van der Waals surface area contributed by atoms with Gasteiger partial charge in [0.2, 0.25) is 0 Å². The molecular weight excluding hydrogens is 354 g/mol. The van der Waals surface area contributed by atoms with E-state index in [0.29, 0.717) is 13.2 Å². The van der Waals surface area contributed by atoms with Gasteiger partial charge < -0.3 is 19.7 Å². The van der Waals surface area contributed by atoms with Gasteiger partial charge in [0.15, 0.2) is 5.96 Å². The van der Waals surface area contributed by atoms with Crippen molar-refractivity contribution in [3.63, 3.8) is 0 Å². The lowest BCUT2D eigenvalue weighted by Crippen LogP contribution is -2.48. The highest BCUT2D eigenvalue weighted by Gasteiger charge is 2.25. The minimum atomic E-state index is -0.00869. The number of hydrogen-bond donors (Lipinski definition) is 1. The molecule has 0 aliphatic carbocycles. The van der Waals surface area contributed by atoms with Crippen LogP contribution in [-0.4, -0.2) is 59.5 Å². The number of nitrogens with one attached hydrogen (secondary N) is 1. The van der Waals surface area contributed by atoms with Crippen LogP contribution >= 0.6 is 0 Å². The maximum atomic E-state index is 6.02. The van der Waals surface area contributed by atoms with Crippen molar-refractivity contribution in [3.8, 4) is 5.75 Å². The summed E-state index contributed by atoms with van der Waals surface area (Å²) in [7, 11) is 1.92. The van der Waals surface area contributed by atoms with Gasteiger partial charge in [-0.3, -0.25) is 4.68 Å². The zero-order chi connectivity index (χ0) is 19.9. The lowest BCUT2D eigenvalue weighted by atomic mass is 10.1. The van der Waals surface area contributed by atoms with Crippen molar-refractivity contribution in [1.82, 2.24) is 20.0 Å². The molecule has 1 saturated heterocycles. The van der Waals surface area contributed by atoms with Gasteiger partial charge in [0, 0.05) is 31.9 Å². The molecule has 1 aromatic carbocycles. The largest absolute Gasteiger partial charge is 0.489 e. The molecule has 0 amide bonds. The molecule has 2 atom stereocenters. The number of aromatic nitrogens is 2. The molecular formula is C21H31N5O2. The van der Waals surface area contributed by atoms with Crippen LogP contribution in [0.1, 0.15) is 31.1 Å². The monoisotopic (exact) mass is 385 g/mol. The number of aliphatic imine (C=N–C) groups is 1. The quantitative estimate of drug-likeness (QED) is 0.612. The molecule has 1 aliphatic rings. The second kappa shape index (κ2) is 9.59. The summed E-state index contributed by atoms with van der Waals surface area (Å²) >= 11 is 0. The molecule has 1 fully saturated rings. The first-order valence-electron chi connectivity index (χ1n) is 9.92. The third-order valence-electron chi connectivity index (χ3n) is 4.62. The molecule has 7 heteroatoms. The lowest BCUT2D eigenvalue weighted by molar-refractivity contribution is -0.00808. The fourth-order valence-electron chi connectivity index (χ4n) is 3.25. The Hall–Kier alpha value is -2.54. The van der Waals surface area contributed by atoms with Crippen LogP contribution in [0.3, 0.4) is 0 Å². The van der Waals surface area contributed by atoms with E-state index in [1.807, 2.05) is 44.6 Å². The predicted molar refractivity (Wildman–Crippen MR) is 111 cm³/mol. The molecule has 2 unspecified atom stereocenters. The van der Waals surface area contributed by atoms with E-state index in [1.165, 1.54) is 5.56 Å². The molecule has 28 heavy (non-hydrogen) atoms. The zero-order valence-electron chi connectivity index (χ0n) is 17.3. The molecule has 0 spiro atoms. The highest BCUT2D eigenvalue weighted by atomic mass is 16.5. The first-order valence-corrected chi connectivity index (χ1v) is 9.92. The van der Waals surface area contributed by atoms with E-state index < -0.39 is 0 Å². The van der Waals surface area contributed by atoms with Crippen LogP contribution in [0.4, 0.5) is 0 Å². The molecule has 1 N–H and O–H groups in total. The van der Waals surface area contributed by atoms with Gasteiger partial charge in [0.25, 0.3) is 0 Å². The summed E-state index contributed by atoms with van der Waals surface area (Å²) in [4.78, 5) is 7.07. The average molecular weight is 386 g/mol. The summed E-state index contributed by atoms with van der Waals surface area (Å²) in [5.41, 5.74) is 2.29. The van der Waals surface area contributed by atoms with Crippen molar-refractivity contribution in [3.05, 3.63) is 47.8 Å². The van der Waals surface area contributed by atoms with Crippen LogP contribution in [0.5, 0.6) is 5.75 Å². The zero-order valence-corrected chi connectivity index (χ0v) is 17.3. The van der Waals surface area contributed by atoms with Gasteiger partial charge >= 0.3 is 0 Å². The van der Waals surface area contributed by atoms with Gasteiger partial charge in [-0.15, -0.1) is 0 Å². The van der Waals surface area contributed by atoms with Crippen LogP contribution in [0, 0.1) is 6.92 Å². The van der Waals surface area contributed by atoms with E-state index in [9.17, 15) is 0 Å². The number of benzene rings is 1. The summed E-state index contributed by atoms with van der Waals surface area (Å²) in [6.07, 6.45) is 3.88. The molecule has 152 valence electrons. The number of aryl methyl sites for hydroxylation is 2. The topological polar surface area (TPSA) is 63.9 Å². The molecule has 7 nitrogen and oxygen atoms in total. The Bertz CT molecular complexity index is 789. The summed E-state index contributed by atoms with van der Waals surface area (Å²) in [6, 6.07) is 8.11. The maximum absolute atomic E-state index is 6.02. The predicted octanol–water partition coefficient (Wildman–Crippen LogP) is 2.53. The molecule has 1 aliphatic heterocycles. The minimum absolute atomic E-state index is 0.00673. The van der Waals surface area contributed by atoms with Gasteiger partial charge in [-0.05, 0) is 38.5 Å². The molecule has 1 aromatic heterocycles. The molecule has 0 bridgehead atoms. The van der Waals surface area contributed by atoms with Gasteiger partial charge in [-0.2, -0.15) is 5.10 Å². The summed E-state index contributed by atoms with van der Waals surface area (Å²) < 4.78 is 13.8. The Balaban J connectivity index is 1.62. The molecule has 2 heterocycles. The molecule has 0 saturated carbocycles. The third kappa shape index (κ3) is 5.48. The number of morpholine rings is 1. The first-order chi connectivity index (χ1) is 13.5.